The van der Waals surface area contributed by atoms with E-state index in [1.165, 1.54) is 0 Å². The van der Waals surface area contributed by atoms with E-state index in [0.717, 1.165) is 11.3 Å². The molecule has 2 rings (SSSR count). The first kappa shape index (κ1) is 12.4. The van der Waals surface area contributed by atoms with Crippen molar-refractivity contribution < 1.29 is 14.7 Å². The molecule has 0 saturated carbocycles. The smallest absolute Gasteiger partial charge is 0.303 e. The fourth-order valence-electron chi connectivity index (χ4n) is 2.40. The van der Waals surface area contributed by atoms with Crippen molar-refractivity contribution in [3.8, 4) is 0 Å². The largest absolute Gasteiger partial charge is 0.481 e. The van der Waals surface area contributed by atoms with Gasteiger partial charge < -0.3 is 15.7 Å². The predicted octanol–water partition coefficient (Wildman–Crippen LogP) is 1.18. The van der Waals surface area contributed by atoms with E-state index in [9.17, 15) is 9.59 Å². The van der Waals surface area contributed by atoms with Crippen LogP contribution < -0.4 is 10.6 Å². The quantitative estimate of drug-likeness (QED) is 0.747. The summed E-state index contributed by atoms with van der Waals surface area (Å²) >= 11 is 0. The number of carbonyl (C=O) groups is 2. The first-order valence-electron chi connectivity index (χ1n) is 5.92. The van der Waals surface area contributed by atoms with Crippen molar-refractivity contribution in [3.63, 3.8) is 0 Å². The summed E-state index contributed by atoms with van der Waals surface area (Å²) in [6, 6.07) is 7.27. The monoisotopic (exact) mass is 248 g/mol. The molecule has 1 aliphatic heterocycles. The van der Waals surface area contributed by atoms with Crippen LogP contribution >= 0.6 is 0 Å². The van der Waals surface area contributed by atoms with Crippen LogP contribution in [0.5, 0.6) is 0 Å². The second-order valence-corrected chi connectivity index (χ2v) is 4.36. The van der Waals surface area contributed by atoms with Crippen LogP contribution in [0, 0.1) is 0 Å². The Bertz CT molecular complexity index is 473. The zero-order valence-electron chi connectivity index (χ0n) is 10.1. The number of likely N-dealkylation sites (N-methyl/N-ethyl adjacent to an activating group) is 1. The van der Waals surface area contributed by atoms with Crippen LogP contribution in [-0.4, -0.2) is 30.1 Å². The van der Waals surface area contributed by atoms with E-state index >= 15 is 0 Å². The lowest BCUT2D eigenvalue weighted by Gasteiger charge is -2.18. The highest BCUT2D eigenvalue weighted by Gasteiger charge is 2.36. The van der Waals surface area contributed by atoms with E-state index in [-0.39, 0.29) is 24.3 Å². The third-order valence-electron chi connectivity index (χ3n) is 3.27. The number of carboxylic acids is 1. The maximum absolute atomic E-state index is 11.8. The summed E-state index contributed by atoms with van der Waals surface area (Å²) in [6.07, 6.45) is 0.519. The normalized spacial score (nSPS) is 20.9. The molecular formula is C13H16N2O3. The molecule has 96 valence electrons. The van der Waals surface area contributed by atoms with Gasteiger partial charge in [-0.3, -0.25) is 9.59 Å². The Balaban J connectivity index is 2.23. The molecule has 1 aromatic rings. The molecule has 0 saturated heterocycles. The number of carboxylic acid groups (broad SMARTS) is 1. The molecule has 0 fully saturated rings. The average Bonchev–Trinajstić information content (AvgIpc) is 2.74. The molecule has 18 heavy (non-hydrogen) atoms. The SMILES string of the molecule is CNC(=O)[C@H]1Nc2ccccc2[C@@H]1CCC(=O)O. The van der Waals surface area contributed by atoms with Gasteiger partial charge in [-0.15, -0.1) is 0 Å². The van der Waals surface area contributed by atoms with Gasteiger partial charge in [0.05, 0.1) is 0 Å². The second-order valence-electron chi connectivity index (χ2n) is 4.36. The maximum Gasteiger partial charge on any atom is 0.303 e. The molecule has 0 unspecified atom stereocenters. The molecule has 5 nitrogen and oxygen atoms in total. The van der Waals surface area contributed by atoms with Crippen molar-refractivity contribution in [1.29, 1.82) is 0 Å². The summed E-state index contributed by atoms with van der Waals surface area (Å²) in [7, 11) is 1.58. The summed E-state index contributed by atoms with van der Waals surface area (Å²) in [5.74, 6) is -1.03. The van der Waals surface area contributed by atoms with E-state index < -0.39 is 5.97 Å². The van der Waals surface area contributed by atoms with Crippen LogP contribution in [0.2, 0.25) is 0 Å². The number of rotatable bonds is 4. The van der Waals surface area contributed by atoms with Gasteiger partial charge in [0.2, 0.25) is 5.91 Å². The summed E-state index contributed by atoms with van der Waals surface area (Å²) in [5, 5.41) is 14.5. The Hall–Kier alpha value is -2.04. The molecule has 1 amide bonds. The van der Waals surface area contributed by atoms with Crippen molar-refractivity contribution in [2.75, 3.05) is 12.4 Å². The van der Waals surface area contributed by atoms with Gasteiger partial charge in [-0.2, -0.15) is 0 Å². The van der Waals surface area contributed by atoms with Gasteiger partial charge in [0.15, 0.2) is 0 Å². The van der Waals surface area contributed by atoms with Gasteiger partial charge in [-0.25, -0.2) is 0 Å². The fourth-order valence-corrected chi connectivity index (χ4v) is 2.40. The first-order chi connectivity index (χ1) is 8.63. The van der Waals surface area contributed by atoms with Crippen molar-refractivity contribution in [2.45, 2.75) is 24.8 Å². The fraction of sp³-hybridized carbons (Fsp3) is 0.385. The van der Waals surface area contributed by atoms with Gasteiger partial charge >= 0.3 is 5.97 Å². The van der Waals surface area contributed by atoms with Crippen LogP contribution in [0.3, 0.4) is 0 Å². The van der Waals surface area contributed by atoms with Gasteiger partial charge in [0.1, 0.15) is 6.04 Å². The Kier molecular flexibility index (Phi) is 3.50. The van der Waals surface area contributed by atoms with Gasteiger partial charge in [-0.05, 0) is 18.1 Å². The molecule has 0 aliphatic carbocycles. The molecule has 5 heteroatoms. The molecule has 0 aromatic heterocycles. The topological polar surface area (TPSA) is 78.4 Å². The number of para-hydroxylation sites is 1. The third-order valence-corrected chi connectivity index (χ3v) is 3.27. The number of carbonyl (C=O) groups excluding carboxylic acids is 1. The predicted molar refractivity (Wildman–Crippen MR) is 67.5 cm³/mol. The van der Waals surface area contributed by atoms with E-state index in [2.05, 4.69) is 10.6 Å². The summed E-state index contributed by atoms with van der Waals surface area (Å²) in [5.41, 5.74) is 1.94. The Morgan fingerprint density at radius 3 is 2.78 bits per heavy atom. The Labute approximate surface area is 105 Å². The molecule has 1 heterocycles. The molecule has 3 N–H and O–H groups in total. The highest BCUT2D eigenvalue weighted by atomic mass is 16.4. The number of fused-ring (bicyclic) bond motifs is 1. The number of benzene rings is 1. The molecule has 0 bridgehead atoms. The van der Waals surface area contributed by atoms with Gasteiger partial charge in [-0.1, -0.05) is 18.2 Å². The molecule has 0 radical (unpaired) electrons. The van der Waals surface area contributed by atoms with Gasteiger partial charge in [0, 0.05) is 25.1 Å². The van der Waals surface area contributed by atoms with E-state index in [1.54, 1.807) is 7.05 Å². The number of anilines is 1. The summed E-state index contributed by atoms with van der Waals surface area (Å²) < 4.78 is 0. The minimum Gasteiger partial charge on any atom is -0.481 e. The number of amides is 1. The van der Waals surface area contributed by atoms with E-state index in [0.29, 0.717) is 6.42 Å². The zero-order valence-corrected chi connectivity index (χ0v) is 10.1. The summed E-state index contributed by atoms with van der Waals surface area (Å²) in [6.45, 7) is 0. The minimum atomic E-state index is -0.838. The Morgan fingerprint density at radius 1 is 1.39 bits per heavy atom. The average molecular weight is 248 g/mol. The van der Waals surface area contributed by atoms with Crippen LogP contribution in [-0.2, 0) is 9.59 Å². The van der Waals surface area contributed by atoms with Crippen molar-refractivity contribution >= 4 is 17.6 Å². The lowest BCUT2D eigenvalue weighted by molar-refractivity contribution is -0.137. The third kappa shape index (κ3) is 2.30. The zero-order chi connectivity index (χ0) is 13.1. The van der Waals surface area contributed by atoms with Crippen molar-refractivity contribution in [1.82, 2.24) is 5.32 Å². The molecule has 2 atom stereocenters. The number of nitrogens with one attached hydrogen (secondary N) is 2. The number of hydrogen-bond donors (Lipinski definition) is 3. The van der Waals surface area contributed by atoms with Gasteiger partial charge in [0.25, 0.3) is 0 Å². The minimum absolute atomic E-state index is 0.0637. The molecule has 0 spiro atoms. The highest BCUT2D eigenvalue weighted by Crippen LogP contribution is 2.38. The maximum atomic E-state index is 11.8. The second kappa shape index (κ2) is 5.08. The highest BCUT2D eigenvalue weighted by molar-refractivity contribution is 5.88. The number of aliphatic carboxylic acids is 1. The van der Waals surface area contributed by atoms with Crippen LogP contribution in [0.25, 0.3) is 0 Å². The summed E-state index contributed by atoms with van der Waals surface area (Å²) in [4.78, 5) is 22.5. The Morgan fingerprint density at radius 2 is 2.11 bits per heavy atom. The van der Waals surface area contributed by atoms with Crippen LogP contribution in [0.15, 0.2) is 24.3 Å². The standard InChI is InChI=1S/C13H16N2O3/c1-14-13(18)12-9(6-7-11(16)17)8-4-2-3-5-10(8)15-12/h2-5,9,12,15H,6-7H2,1H3,(H,14,18)(H,16,17)/t9-,12-/m0/s1. The number of hydrogen-bond acceptors (Lipinski definition) is 3. The lowest BCUT2D eigenvalue weighted by Crippen LogP contribution is -2.38. The lowest BCUT2D eigenvalue weighted by atomic mass is 9.90. The molecule has 1 aromatic carbocycles. The van der Waals surface area contributed by atoms with Crippen molar-refractivity contribution in [2.24, 2.45) is 0 Å². The van der Waals surface area contributed by atoms with E-state index in [4.69, 9.17) is 5.11 Å². The van der Waals surface area contributed by atoms with E-state index in [1.807, 2.05) is 24.3 Å². The van der Waals surface area contributed by atoms with Crippen LogP contribution in [0.4, 0.5) is 5.69 Å². The molecular weight excluding hydrogens is 232 g/mol. The van der Waals surface area contributed by atoms with Crippen LogP contribution in [0.1, 0.15) is 24.3 Å². The molecule has 1 aliphatic rings. The first-order valence-corrected chi connectivity index (χ1v) is 5.92. The van der Waals surface area contributed by atoms with Crippen molar-refractivity contribution in [3.05, 3.63) is 29.8 Å².